The number of hydrogen-bond donors (Lipinski definition) is 0. The van der Waals surface area contributed by atoms with Crippen LogP contribution in [-0.4, -0.2) is 41.9 Å². The van der Waals surface area contributed by atoms with Gasteiger partial charge in [-0.3, -0.25) is 14.7 Å². The quantitative estimate of drug-likeness (QED) is 0.457. The first-order chi connectivity index (χ1) is 15.1. The van der Waals surface area contributed by atoms with Crippen LogP contribution in [0.1, 0.15) is 47.8 Å². The maximum Gasteiger partial charge on any atom is 0.162 e. The van der Waals surface area contributed by atoms with E-state index in [9.17, 15) is 4.79 Å². The fourth-order valence-electron chi connectivity index (χ4n) is 4.46. The largest absolute Gasteiger partial charge is 0.492 e. The SMILES string of the molecule is CCC(=O)c1cccc(CC2CCN(CCOc3cccc4nc(C)ccc34)CC2)c1. The van der Waals surface area contributed by atoms with Gasteiger partial charge in [-0.25, -0.2) is 0 Å². The van der Waals surface area contributed by atoms with Crippen molar-refractivity contribution in [3.8, 4) is 5.75 Å². The molecule has 2 aromatic carbocycles. The molecule has 4 rings (SSSR count). The molecular weight excluding hydrogens is 384 g/mol. The molecule has 0 unspecified atom stereocenters. The van der Waals surface area contributed by atoms with E-state index in [1.165, 1.54) is 18.4 Å². The van der Waals surface area contributed by atoms with E-state index in [1.54, 1.807) is 0 Å². The van der Waals surface area contributed by atoms with E-state index in [4.69, 9.17) is 4.74 Å². The Balaban J connectivity index is 1.24. The average Bonchev–Trinajstić information content (AvgIpc) is 2.80. The molecule has 0 bridgehead atoms. The molecule has 1 saturated heterocycles. The van der Waals surface area contributed by atoms with Crippen molar-refractivity contribution in [3.05, 3.63) is 71.4 Å². The normalized spacial score (nSPS) is 15.3. The second-order valence-corrected chi connectivity index (χ2v) is 8.59. The van der Waals surface area contributed by atoms with Crippen LogP contribution in [0.3, 0.4) is 0 Å². The summed E-state index contributed by atoms with van der Waals surface area (Å²) in [6.07, 6.45) is 4.03. The number of ether oxygens (including phenoxy) is 1. The molecule has 0 saturated carbocycles. The van der Waals surface area contributed by atoms with E-state index in [0.29, 0.717) is 18.9 Å². The lowest BCUT2D eigenvalue weighted by Gasteiger charge is -2.32. The molecule has 4 heteroatoms. The van der Waals surface area contributed by atoms with Crippen LogP contribution in [0.5, 0.6) is 5.75 Å². The highest BCUT2D eigenvalue weighted by molar-refractivity contribution is 5.95. The first-order valence-corrected chi connectivity index (χ1v) is 11.5. The van der Waals surface area contributed by atoms with E-state index in [0.717, 1.165) is 54.0 Å². The number of benzene rings is 2. The number of carbonyl (C=O) groups excluding carboxylic acids is 1. The monoisotopic (exact) mass is 416 g/mol. The summed E-state index contributed by atoms with van der Waals surface area (Å²) < 4.78 is 6.12. The van der Waals surface area contributed by atoms with E-state index in [2.05, 4.69) is 28.1 Å². The van der Waals surface area contributed by atoms with Crippen LogP contribution in [0.2, 0.25) is 0 Å². The predicted molar refractivity (Wildman–Crippen MR) is 126 cm³/mol. The Labute approximate surface area is 185 Å². The average molecular weight is 417 g/mol. The molecule has 0 spiro atoms. The van der Waals surface area contributed by atoms with Gasteiger partial charge in [-0.1, -0.05) is 31.2 Å². The minimum atomic E-state index is 0.230. The summed E-state index contributed by atoms with van der Waals surface area (Å²) in [7, 11) is 0. The number of piperidine rings is 1. The molecule has 2 heterocycles. The summed E-state index contributed by atoms with van der Waals surface area (Å²) in [5.41, 5.74) is 4.16. The highest BCUT2D eigenvalue weighted by atomic mass is 16.5. The van der Waals surface area contributed by atoms with Crippen molar-refractivity contribution in [2.45, 2.75) is 39.5 Å². The topological polar surface area (TPSA) is 42.4 Å². The Morgan fingerprint density at radius 1 is 1.10 bits per heavy atom. The summed E-state index contributed by atoms with van der Waals surface area (Å²) in [4.78, 5) is 19.1. The van der Waals surface area contributed by atoms with Gasteiger partial charge in [0.05, 0.1) is 5.52 Å². The highest BCUT2D eigenvalue weighted by Gasteiger charge is 2.20. The molecule has 0 radical (unpaired) electrons. The fraction of sp³-hybridized carbons (Fsp3) is 0.407. The first-order valence-electron chi connectivity index (χ1n) is 11.5. The lowest BCUT2D eigenvalue weighted by molar-refractivity contribution is 0.0988. The van der Waals surface area contributed by atoms with Crippen LogP contribution in [-0.2, 0) is 6.42 Å². The summed E-state index contributed by atoms with van der Waals surface area (Å²) >= 11 is 0. The molecule has 0 aliphatic carbocycles. The second-order valence-electron chi connectivity index (χ2n) is 8.59. The van der Waals surface area contributed by atoms with Crippen molar-refractivity contribution >= 4 is 16.7 Å². The van der Waals surface area contributed by atoms with Gasteiger partial charge in [0.15, 0.2) is 5.78 Å². The number of ketones is 1. The molecule has 31 heavy (non-hydrogen) atoms. The molecule has 0 atom stereocenters. The lowest BCUT2D eigenvalue weighted by Crippen LogP contribution is -2.37. The smallest absolute Gasteiger partial charge is 0.162 e. The summed E-state index contributed by atoms with van der Waals surface area (Å²) in [5, 5.41) is 1.08. The minimum Gasteiger partial charge on any atom is -0.492 e. The predicted octanol–water partition coefficient (Wildman–Crippen LogP) is 5.47. The molecule has 1 aliphatic heterocycles. The number of aryl methyl sites for hydroxylation is 1. The Kier molecular flexibility index (Phi) is 6.98. The van der Waals surface area contributed by atoms with Crippen LogP contribution >= 0.6 is 0 Å². The molecule has 1 aromatic heterocycles. The third kappa shape index (κ3) is 5.50. The zero-order valence-electron chi connectivity index (χ0n) is 18.6. The van der Waals surface area contributed by atoms with Gasteiger partial charge in [0.2, 0.25) is 0 Å². The number of carbonyl (C=O) groups is 1. The standard InChI is InChI=1S/C27H32N2O2/c1-3-26(30)23-7-4-6-22(19-23)18-21-12-14-29(15-13-21)16-17-31-27-9-5-8-25-24(27)11-10-20(2)28-25/h4-11,19,21H,3,12-18H2,1-2H3. The van der Waals surface area contributed by atoms with Crippen LogP contribution in [0.15, 0.2) is 54.6 Å². The van der Waals surface area contributed by atoms with Crippen molar-refractivity contribution in [1.82, 2.24) is 9.88 Å². The van der Waals surface area contributed by atoms with Crippen LogP contribution in [0, 0.1) is 12.8 Å². The van der Waals surface area contributed by atoms with Crippen LogP contribution < -0.4 is 4.74 Å². The number of rotatable bonds is 8. The molecule has 162 valence electrons. The summed E-state index contributed by atoms with van der Waals surface area (Å²) in [6, 6.07) is 18.4. The molecule has 3 aromatic rings. The number of fused-ring (bicyclic) bond motifs is 1. The van der Waals surface area contributed by atoms with Gasteiger partial charge >= 0.3 is 0 Å². The van der Waals surface area contributed by atoms with E-state index in [-0.39, 0.29) is 5.78 Å². The Morgan fingerprint density at radius 2 is 1.90 bits per heavy atom. The molecule has 4 nitrogen and oxygen atoms in total. The van der Waals surface area contributed by atoms with Crippen molar-refractivity contribution in [2.24, 2.45) is 5.92 Å². The number of hydrogen-bond acceptors (Lipinski definition) is 4. The van der Waals surface area contributed by atoms with Crippen molar-refractivity contribution < 1.29 is 9.53 Å². The summed E-state index contributed by atoms with van der Waals surface area (Å²) in [5.74, 6) is 1.84. The minimum absolute atomic E-state index is 0.230. The van der Waals surface area contributed by atoms with E-state index < -0.39 is 0 Å². The van der Waals surface area contributed by atoms with Gasteiger partial charge in [0, 0.05) is 29.6 Å². The third-order valence-corrected chi connectivity index (χ3v) is 6.30. The Morgan fingerprint density at radius 3 is 2.71 bits per heavy atom. The Hall–Kier alpha value is -2.72. The van der Waals surface area contributed by atoms with Gasteiger partial charge in [-0.05, 0) is 81.1 Å². The van der Waals surface area contributed by atoms with Gasteiger partial charge in [-0.15, -0.1) is 0 Å². The van der Waals surface area contributed by atoms with Crippen molar-refractivity contribution in [1.29, 1.82) is 0 Å². The lowest BCUT2D eigenvalue weighted by atomic mass is 9.89. The second kappa shape index (κ2) is 10.1. The van der Waals surface area contributed by atoms with Gasteiger partial charge < -0.3 is 4.74 Å². The zero-order chi connectivity index (χ0) is 21.6. The molecule has 0 N–H and O–H groups in total. The number of nitrogens with zero attached hydrogens (tertiary/aromatic N) is 2. The molecular formula is C27H32N2O2. The van der Waals surface area contributed by atoms with Gasteiger partial charge in [0.25, 0.3) is 0 Å². The number of aromatic nitrogens is 1. The molecule has 0 amide bonds. The summed E-state index contributed by atoms with van der Waals surface area (Å²) in [6.45, 7) is 7.79. The number of likely N-dealkylation sites (tertiary alicyclic amines) is 1. The van der Waals surface area contributed by atoms with E-state index >= 15 is 0 Å². The third-order valence-electron chi connectivity index (χ3n) is 6.30. The Bertz CT molecular complexity index is 1040. The van der Waals surface area contributed by atoms with Crippen LogP contribution in [0.4, 0.5) is 0 Å². The maximum atomic E-state index is 12.0. The van der Waals surface area contributed by atoms with Crippen molar-refractivity contribution in [3.63, 3.8) is 0 Å². The highest BCUT2D eigenvalue weighted by Crippen LogP contribution is 2.25. The zero-order valence-corrected chi connectivity index (χ0v) is 18.6. The maximum absolute atomic E-state index is 12.0. The van der Waals surface area contributed by atoms with Crippen LogP contribution in [0.25, 0.3) is 10.9 Å². The van der Waals surface area contributed by atoms with E-state index in [1.807, 2.05) is 50.2 Å². The first kappa shape index (κ1) is 21.5. The number of Topliss-reactive ketones (excluding diaryl/α,β-unsaturated/α-hetero) is 1. The molecule has 1 fully saturated rings. The molecule has 1 aliphatic rings. The fourth-order valence-corrected chi connectivity index (χ4v) is 4.46. The van der Waals surface area contributed by atoms with Gasteiger partial charge in [0.1, 0.15) is 12.4 Å². The van der Waals surface area contributed by atoms with Gasteiger partial charge in [-0.2, -0.15) is 0 Å². The van der Waals surface area contributed by atoms with Crippen molar-refractivity contribution in [2.75, 3.05) is 26.2 Å². The number of pyridine rings is 1.